The maximum absolute atomic E-state index is 13.0. The van der Waals surface area contributed by atoms with Gasteiger partial charge in [-0.2, -0.15) is 0 Å². The summed E-state index contributed by atoms with van der Waals surface area (Å²) in [5, 5.41) is 0. The van der Waals surface area contributed by atoms with Crippen LogP contribution in [0.2, 0.25) is 0 Å². The van der Waals surface area contributed by atoms with Crippen LogP contribution in [0, 0.1) is 5.92 Å². The Bertz CT molecular complexity index is 1510. The van der Waals surface area contributed by atoms with Gasteiger partial charge in [-0.25, -0.2) is 19.2 Å². The third-order valence-corrected chi connectivity index (χ3v) is 5.15. The Hall–Kier alpha value is -5.25. The summed E-state index contributed by atoms with van der Waals surface area (Å²) in [5.41, 5.74) is 0.696. The molecule has 0 aromatic heterocycles. The first kappa shape index (κ1) is 33.0. The maximum atomic E-state index is 13.0. The molecular weight excluding hydrogens is 544 g/mol. The van der Waals surface area contributed by atoms with E-state index in [0.717, 1.165) is 0 Å². The van der Waals surface area contributed by atoms with Gasteiger partial charge in [0.2, 0.25) is 0 Å². The second-order valence-corrected chi connectivity index (χ2v) is 9.61. The molecule has 2 rings (SSSR count). The number of esters is 5. The Labute approximate surface area is 243 Å². The number of carbonyl (C=O) groups is 5. The van der Waals surface area contributed by atoms with Gasteiger partial charge < -0.3 is 23.7 Å². The Kier molecular flexibility index (Phi) is 11.3. The lowest BCUT2D eigenvalue weighted by Gasteiger charge is -2.13. The molecule has 0 saturated carbocycles. The first-order chi connectivity index (χ1) is 19.6. The molecule has 0 aliphatic carbocycles. The molecule has 0 spiro atoms. The van der Waals surface area contributed by atoms with E-state index in [1.54, 1.807) is 13.8 Å². The highest BCUT2D eigenvalue weighted by molar-refractivity contribution is 5.96. The third-order valence-electron chi connectivity index (χ3n) is 5.15. The standard InChI is InChI=1S/C32H32O10/c1-17(2)28(33)38-23-11-10-22(26(15-23)41-30(35)19(5)6)14-21(9)32(37)40-25-13-12-24(39-29(34)18(3)4)16-27(25)42-31(36)20(7)8/h10-17H,3,5,7H2,1-2,4,6,8-9H3/b21-14+. The van der Waals surface area contributed by atoms with Crippen molar-refractivity contribution in [2.45, 2.75) is 41.5 Å². The average Bonchev–Trinajstić information content (AvgIpc) is 2.90. The monoisotopic (exact) mass is 576 g/mol. The van der Waals surface area contributed by atoms with Crippen LogP contribution in [0.3, 0.4) is 0 Å². The minimum absolute atomic E-state index is 0.00367. The van der Waals surface area contributed by atoms with E-state index in [1.165, 1.54) is 70.2 Å². The normalized spacial score (nSPS) is 10.8. The number of ether oxygens (including phenoxy) is 5. The Morgan fingerprint density at radius 3 is 1.60 bits per heavy atom. The number of rotatable bonds is 11. The van der Waals surface area contributed by atoms with E-state index in [0.29, 0.717) is 5.56 Å². The van der Waals surface area contributed by atoms with Gasteiger partial charge in [-0.3, -0.25) is 4.79 Å². The van der Waals surface area contributed by atoms with Gasteiger partial charge in [0.15, 0.2) is 11.5 Å². The van der Waals surface area contributed by atoms with E-state index in [2.05, 4.69) is 19.7 Å². The minimum Gasteiger partial charge on any atom is -0.426 e. The van der Waals surface area contributed by atoms with Gasteiger partial charge in [0.25, 0.3) is 0 Å². The predicted molar refractivity (Wildman–Crippen MR) is 154 cm³/mol. The van der Waals surface area contributed by atoms with Crippen LogP contribution in [0.5, 0.6) is 28.7 Å². The summed E-state index contributed by atoms with van der Waals surface area (Å²) >= 11 is 0. The molecule has 0 N–H and O–H groups in total. The number of benzene rings is 2. The van der Waals surface area contributed by atoms with Gasteiger partial charge in [-0.1, -0.05) is 33.6 Å². The molecule has 0 heterocycles. The summed E-state index contributed by atoms with van der Waals surface area (Å²) in [6, 6.07) is 8.13. The SMILES string of the molecule is C=C(C)C(=O)Oc1ccc(OC(=O)/C(C)=C/c2ccc(OC(=O)C(C)C)cc2OC(=O)C(=C)C)c(OC(=O)C(=C)C)c1. The van der Waals surface area contributed by atoms with Gasteiger partial charge in [0.05, 0.1) is 5.92 Å². The van der Waals surface area contributed by atoms with E-state index in [4.69, 9.17) is 23.7 Å². The van der Waals surface area contributed by atoms with Crippen molar-refractivity contribution in [1.82, 2.24) is 0 Å². The van der Waals surface area contributed by atoms with Crippen LogP contribution in [-0.4, -0.2) is 29.8 Å². The molecule has 0 amide bonds. The maximum Gasteiger partial charge on any atom is 0.339 e. The molecule has 0 aliphatic heterocycles. The number of hydrogen-bond acceptors (Lipinski definition) is 10. The molecule has 10 heteroatoms. The van der Waals surface area contributed by atoms with Gasteiger partial charge in [-0.05, 0) is 58.0 Å². The molecule has 0 aliphatic rings. The molecule has 0 saturated heterocycles. The van der Waals surface area contributed by atoms with Crippen LogP contribution in [0.1, 0.15) is 47.1 Å². The highest BCUT2D eigenvalue weighted by atomic mass is 16.6. The van der Waals surface area contributed by atoms with Crippen LogP contribution in [0.4, 0.5) is 0 Å². The Morgan fingerprint density at radius 1 is 0.595 bits per heavy atom. The van der Waals surface area contributed by atoms with Crippen molar-refractivity contribution in [2.75, 3.05) is 0 Å². The van der Waals surface area contributed by atoms with Crippen LogP contribution in [0.25, 0.3) is 6.08 Å². The summed E-state index contributed by atoms with van der Waals surface area (Å²) in [7, 11) is 0. The summed E-state index contributed by atoms with van der Waals surface area (Å²) in [6.07, 6.45) is 1.39. The highest BCUT2D eigenvalue weighted by Crippen LogP contribution is 2.34. The van der Waals surface area contributed by atoms with E-state index in [9.17, 15) is 24.0 Å². The second-order valence-electron chi connectivity index (χ2n) is 9.61. The summed E-state index contributed by atoms with van der Waals surface area (Å²) in [6.45, 7) is 19.7. The molecule has 10 nitrogen and oxygen atoms in total. The van der Waals surface area contributed by atoms with Gasteiger partial charge >= 0.3 is 29.8 Å². The largest absolute Gasteiger partial charge is 0.426 e. The highest BCUT2D eigenvalue weighted by Gasteiger charge is 2.19. The molecule has 42 heavy (non-hydrogen) atoms. The Morgan fingerprint density at radius 2 is 1.05 bits per heavy atom. The van der Waals surface area contributed by atoms with Gasteiger partial charge in [0, 0.05) is 40.0 Å². The molecule has 2 aromatic rings. The summed E-state index contributed by atoms with van der Waals surface area (Å²) in [4.78, 5) is 61.4. The lowest BCUT2D eigenvalue weighted by Crippen LogP contribution is -2.15. The van der Waals surface area contributed by atoms with Crippen LogP contribution in [-0.2, 0) is 24.0 Å². The zero-order valence-electron chi connectivity index (χ0n) is 24.3. The lowest BCUT2D eigenvalue weighted by molar-refractivity contribution is -0.138. The molecule has 0 unspecified atom stereocenters. The lowest BCUT2D eigenvalue weighted by atomic mass is 10.1. The van der Waals surface area contributed by atoms with E-state index in [-0.39, 0.29) is 51.0 Å². The zero-order valence-corrected chi connectivity index (χ0v) is 24.3. The smallest absolute Gasteiger partial charge is 0.339 e. The number of hydrogen-bond donors (Lipinski definition) is 0. The summed E-state index contributed by atoms with van der Waals surface area (Å²) < 4.78 is 26.6. The molecule has 2 aromatic carbocycles. The molecule has 220 valence electrons. The van der Waals surface area contributed by atoms with Crippen molar-refractivity contribution in [3.05, 3.63) is 84.0 Å². The van der Waals surface area contributed by atoms with Crippen molar-refractivity contribution in [1.29, 1.82) is 0 Å². The first-order valence-electron chi connectivity index (χ1n) is 12.6. The Balaban J connectivity index is 2.43. The molecule has 0 atom stereocenters. The zero-order chi connectivity index (χ0) is 31.7. The van der Waals surface area contributed by atoms with E-state index >= 15 is 0 Å². The fraction of sp³-hybridized carbons (Fsp3) is 0.219. The van der Waals surface area contributed by atoms with E-state index in [1.807, 2.05) is 0 Å². The van der Waals surface area contributed by atoms with Crippen molar-refractivity contribution >= 4 is 35.9 Å². The first-order valence-corrected chi connectivity index (χ1v) is 12.6. The van der Waals surface area contributed by atoms with Gasteiger partial charge in [0.1, 0.15) is 17.2 Å². The van der Waals surface area contributed by atoms with E-state index < -0.39 is 35.8 Å². The molecular formula is C32H32O10. The predicted octanol–water partition coefficient (Wildman–Crippen LogP) is 5.70. The van der Waals surface area contributed by atoms with Crippen molar-refractivity contribution in [3.8, 4) is 28.7 Å². The molecule has 0 radical (unpaired) electrons. The quantitative estimate of drug-likeness (QED) is 0.186. The van der Waals surface area contributed by atoms with Crippen molar-refractivity contribution in [3.63, 3.8) is 0 Å². The minimum atomic E-state index is -0.846. The molecule has 0 bridgehead atoms. The summed E-state index contributed by atoms with van der Waals surface area (Å²) in [5.74, 6) is -4.17. The molecule has 0 fully saturated rings. The van der Waals surface area contributed by atoms with Crippen molar-refractivity contribution in [2.24, 2.45) is 5.92 Å². The van der Waals surface area contributed by atoms with Crippen LogP contribution in [0.15, 0.2) is 78.4 Å². The fourth-order valence-electron chi connectivity index (χ4n) is 2.78. The fourth-order valence-corrected chi connectivity index (χ4v) is 2.78. The van der Waals surface area contributed by atoms with Crippen molar-refractivity contribution < 1.29 is 47.7 Å². The van der Waals surface area contributed by atoms with Crippen LogP contribution < -0.4 is 23.7 Å². The number of carbonyl (C=O) groups excluding carboxylic acids is 5. The van der Waals surface area contributed by atoms with Crippen LogP contribution >= 0.6 is 0 Å². The second kappa shape index (κ2) is 14.4. The third kappa shape index (κ3) is 9.44. The average molecular weight is 577 g/mol. The topological polar surface area (TPSA) is 132 Å². The van der Waals surface area contributed by atoms with Gasteiger partial charge in [-0.15, -0.1) is 0 Å².